The number of carbonyl (C=O) groups is 1. The number of fused-ring (bicyclic) bond motifs is 2. The van der Waals surface area contributed by atoms with Crippen molar-refractivity contribution >= 4 is 5.97 Å². The number of aliphatic hydroxyl groups is 1. The first-order valence-electron chi connectivity index (χ1n) is 10.8. The van der Waals surface area contributed by atoms with Gasteiger partial charge in [0.1, 0.15) is 5.60 Å². The maximum absolute atomic E-state index is 13.5. The standard InChI is InChI=1S/C25H30O8/c1-25(2,3)33-24(27)22-16(11-26)14-9-17-18(32-12-31-17)10-15(14)21(22)13-7-19(28-4)23(30-6)20(8-13)29-5/h7-10,16,21-22,26H,11-12H2,1-6H3/t16?,21-,22?/m1/s1. The van der Waals surface area contributed by atoms with Crippen molar-refractivity contribution in [1.82, 2.24) is 0 Å². The molecular weight excluding hydrogens is 428 g/mol. The molecule has 0 radical (unpaired) electrons. The van der Waals surface area contributed by atoms with Crippen molar-refractivity contribution in [2.24, 2.45) is 5.92 Å². The molecule has 33 heavy (non-hydrogen) atoms. The third kappa shape index (κ3) is 4.04. The van der Waals surface area contributed by atoms with E-state index in [1.165, 1.54) is 7.11 Å². The van der Waals surface area contributed by atoms with E-state index in [-0.39, 0.29) is 13.4 Å². The summed E-state index contributed by atoms with van der Waals surface area (Å²) in [5, 5.41) is 10.4. The highest BCUT2D eigenvalue weighted by atomic mass is 16.7. The smallest absolute Gasteiger partial charge is 0.311 e. The molecule has 2 aliphatic rings. The first-order chi connectivity index (χ1) is 15.7. The normalized spacial score (nSPS) is 20.9. The molecule has 2 aromatic rings. The molecule has 0 spiro atoms. The molecule has 4 rings (SSSR count). The van der Waals surface area contributed by atoms with Gasteiger partial charge in [0.25, 0.3) is 0 Å². The lowest BCUT2D eigenvalue weighted by atomic mass is 9.82. The van der Waals surface area contributed by atoms with Gasteiger partial charge in [-0.3, -0.25) is 4.79 Å². The summed E-state index contributed by atoms with van der Waals surface area (Å²) in [6, 6.07) is 7.40. The number of benzene rings is 2. The molecule has 0 saturated carbocycles. The Balaban J connectivity index is 1.92. The molecule has 1 aliphatic heterocycles. The average Bonchev–Trinajstić information content (AvgIpc) is 3.36. The SMILES string of the molecule is COc1cc([C@@H]2c3cc4c(cc3C(CO)C2C(=O)OC(C)(C)C)OCO4)cc(OC)c1OC. The van der Waals surface area contributed by atoms with Gasteiger partial charge in [0.05, 0.1) is 33.9 Å². The topological polar surface area (TPSA) is 92.7 Å². The van der Waals surface area contributed by atoms with E-state index in [0.717, 1.165) is 16.7 Å². The van der Waals surface area contributed by atoms with Crippen LogP contribution in [0.1, 0.15) is 49.3 Å². The molecule has 8 nitrogen and oxygen atoms in total. The number of aliphatic hydroxyl groups excluding tert-OH is 1. The van der Waals surface area contributed by atoms with Gasteiger partial charge in [0.2, 0.25) is 12.5 Å². The fourth-order valence-electron chi connectivity index (χ4n) is 4.73. The first kappa shape index (κ1) is 23.0. The maximum Gasteiger partial charge on any atom is 0.311 e. The molecule has 0 saturated heterocycles. The van der Waals surface area contributed by atoms with E-state index in [0.29, 0.717) is 28.7 Å². The van der Waals surface area contributed by atoms with Gasteiger partial charge in [-0.15, -0.1) is 0 Å². The van der Waals surface area contributed by atoms with E-state index < -0.39 is 29.3 Å². The van der Waals surface area contributed by atoms with Crippen molar-refractivity contribution in [2.75, 3.05) is 34.7 Å². The molecular formula is C25H30O8. The summed E-state index contributed by atoms with van der Waals surface area (Å²) in [7, 11) is 4.63. The highest BCUT2D eigenvalue weighted by Crippen LogP contribution is 2.55. The van der Waals surface area contributed by atoms with Gasteiger partial charge < -0.3 is 33.5 Å². The molecule has 2 unspecified atom stereocenters. The van der Waals surface area contributed by atoms with Crippen LogP contribution in [0.2, 0.25) is 0 Å². The molecule has 0 amide bonds. The molecule has 2 aromatic carbocycles. The summed E-state index contributed by atoms with van der Waals surface area (Å²) in [5.41, 5.74) is 1.79. The predicted octanol–water partition coefficient (Wildman–Crippen LogP) is 3.62. The third-order valence-corrected chi connectivity index (χ3v) is 6.03. The summed E-state index contributed by atoms with van der Waals surface area (Å²) in [6.45, 7) is 5.38. The van der Waals surface area contributed by atoms with Crippen molar-refractivity contribution in [3.63, 3.8) is 0 Å². The van der Waals surface area contributed by atoms with Crippen LogP contribution in [0.5, 0.6) is 28.7 Å². The second kappa shape index (κ2) is 8.67. The Bertz CT molecular complexity index is 1030. The minimum Gasteiger partial charge on any atom is -0.493 e. The van der Waals surface area contributed by atoms with Crippen molar-refractivity contribution in [3.8, 4) is 28.7 Å². The fraction of sp³-hybridized carbons (Fsp3) is 0.480. The summed E-state index contributed by atoms with van der Waals surface area (Å²) in [5.74, 6) is 0.638. The lowest BCUT2D eigenvalue weighted by Gasteiger charge is -2.28. The number of esters is 1. The van der Waals surface area contributed by atoms with Gasteiger partial charge >= 0.3 is 5.97 Å². The van der Waals surface area contributed by atoms with Crippen LogP contribution in [-0.2, 0) is 9.53 Å². The highest BCUT2D eigenvalue weighted by molar-refractivity contribution is 5.79. The van der Waals surface area contributed by atoms with Crippen LogP contribution in [-0.4, -0.2) is 51.4 Å². The minimum absolute atomic E-state index is 0.131. The van der Waals surface area contributed by atoms with Gasteiger partial charge in [0, 0.05) is 11.8 Å². The van der Waals surface area contributed by atoms with Crippen LogP contribution < -0.4 is 23.7 Å². The zero-order valence-electron chi connectivity index (χ0n) is 19.8. The molecule has 0 fully saturated rings. The number of carbonyl (C=O) groups excluding carboxylic acids is 1. The Morgan fingerprint density at radius 1 is 0.970 bits per heavy atom. The number of methoxy groups -OCH3 is 3. The Kier molecular flexibility index (Phi) is 6.05. The van der Waals surface area contributed by atoms with E-state index >= 15 is 0 Å². The molecule has 1 N–H and O–H groups in total. The monoisotopic (exact) mass is 458 g/mol. The zero-order valence-corrected chi connectivity index (χ0v) is 19.8. The Morgan fingerprint density at radius 2 is 1.55 bits per heavy atom. The summed E-state index contributed by atoms with van der Waals surface area (Å²) < 4.78 is 33.5. The minimum atomic E-state index is -0.681. The van der Waals surface area contributed by atoms with E-state index in [1.54, 1.807) is 14.2 Å². The zero-order chi connectivity index (χ0) is 23.9. The summed E-state index contributed by atoms with van der Waals surface area (Å²) in [4.78, 5) is 13.5. The lowest BCUT2D eigenvalue weighted by Crippen LogP contribution is -2.33. The van der Waals surface area contributed by atoms with Gasteiger partial charge in [-0.25, -0.2) is 0 Å². The summed E-state index contributed by atoms with van der Waals surface area (Å²) >= 11 is 0. The maximum atomic E-state index is 13.5. The van der Waals surface area contributed by atoms with Gasteiger partial charge in [-0.05, 0) is 61.7 Å². The van der Waals surface area contributed by atoms with Gasteiger partial charge in [-0.2, -0.15) is 0 Å². The largest absolute Gasteiger partial charge is 0.493 e. The molecule has 1 heterocycles. The molecule has 1 aliphatic carbocycles. The van der Waals surface area contributed by atoms with Crippen LogP contribution in [0.25, 0.3) is 0 Å². The third-order valence-electron chi connectivity index (χ3n) is 6.03. The Morgan fingerprint density at radius 3 is 2.03 bits per heavy atom. The van der Waals surface area contributed by atoms with Crippen molar-refractivity contribution in [1.29, 1.82) is 0 Å². The second-order valence-corrected chi connectivity index (χ2v) is 9.12. The molecule has 3 atom stereocenters. The van der Waals surface area contributed by atoms with Crippen LogP contribution in [0.3, 0.4) is 0 Å². The lowest BCUT2D eigenvalue weighted by molar-refractivity contribution is -0.161. The van der Waals surface area contributed by atoms with Crippen LogP contribution in [0, 0.1) is 5.92 Å². The molecule has 8 heteroatoms. The van der Waals surface area contributed by atoms with Gasteiger partial charge in [-0.1, -0.05) is 0 Å². The van der Waals surface area contributed by atoms with Crippen molar-refractivity contribution in [2.45, 2.75) is 38.2 Å². The van der Waals surface area contributed by atoms with Gasteiger partial charge in [0.15, 0.2) is 23.0 Å². The predicted molar refractivity (Wildman–Crippen MR) is 120 cm³/mol. The van der Waals surface area contributed by atoms with E-state index in [9.17, 15) is 9.90 Å². The quantitative estimate of drug-likeness (QED) is 0.657. The number of ether oxygens (including phenoxy) is 6. The molecule has 0 bridgehead atoms. The molecule has 178 valence electrons. The van der Waals surface area contributed by atoms with Crippen LogP contribution >= 0.6 is 0 Å². The first-order valence-corrected chi connectivity index (χ1v) is 10.8. The number of hydrogen-bond acceptors (Lipinski definition) is 8. The van der Waals surface area contributed by atoms with E-state index in [1.807, 2.05) is 45.0 Å². The fourth-order valence-corrected chi connectivity index (χ4v) is 4.73. The highest BCUT2D eigenvalue weighted by Gasteiger charge is 2.48. The van der Waals surface area contributed by atoms with Crippen molar-refractivity contribution in [3.05, 3.63) is 41.0 Å². The number of hydrogen-bond donors (Lipinski definition) is 1. The average molecular weight is 459 g/mol. The molecule has 0 aromatic heterocycles. The van der Waals surface area contributed by atoms with Crippen LogP contribution in [0.4, 0.5) is 0 Å². The van der Waals surface area contributed by atoms with E-state index in [2.05, 4.69) is 0 Å². The van der Waals surface area contributed by atoms with Crippen molar-refractivity contribution < 1.29 is 38.3 Å². The Labute approximate surface area is 193 Å². The van der Waals surface area contributed by atoms with E-state index in [4.69, 9.17) is 28.4 Å². The summed E-state index contributed by atoms with van der Waals surface area (Å²) in [6.07, 6.45) is 0. The number of rotatable bonds is 6. The second-order valence-electron chi connectivity index (χ2n) is 9.12. The Hall–Kier alpha value is -3.13. The van der Waals surface area contributed by atoms with Crippen LogP contribution in [0.15, 0.2) is 24.3 Å².